The predicted molar refractivity (Wildman–Crippen MR) is 222 cm³/mol. The normalized spacial score (nSPS) is 11.7. The van der Waals surface area contributed by atoms with Crippen LogP contribution in [0.1, 0.15) is 55.1 Å². The van der Waals surface area contributed by atoms with Crippen LogP contribution in [0.5, 0.6) is 0 Å². The number of thiophene rings is 1. The third-order valence-electron chi connectivity index (χ3n) is 8.44. The maximum absolute atomic E-state index is 14.2. The molecule has 0 aliphatic carbocycles. The minimum Gasteiger partial charge on any atom is -0.462 e. The van der Waals surface area contributed by atoms with Gasteiger partial charge in [0.25, 0.3) is 11.8 Å². The van der Waals surface area contributed by atoms with E-state index in [0.29, 0.717) is 32.3 Å². The number of esters is 1. The highest BCUT2D eigenvalue weighted by Crippen LogP contribution is 2.40. The van der Waals surface area contributed by atoms with Gasteiger partial charge in [-0.1, -0.05) is 114 Å². The molecule has 276 valence electrons. The van der Waals surface area contributed by atoms with E-state index >= 15 is 0 Å². The Morgan fingerprint density at radius 2 is 1.47 bits per heavy atom. The standard InChI is InChI=1S/C45H39N3O5S2/c1-4-53-45(52)39-37(32-23-21-29(2)22-24-32)28-54-44(39)48-43(51)40(33-15-7-5-8-16-33)55-36-20-12-19-35(27-36)46-42(50)38(26-31-14-11-13-30(3)25-31)47-41(49)34-17-9-6-10-18-34/h5-28,40H,4H2,1-3H3,(H,46,50)(H,47,49)(H,48,51)/b38-26+. The van der Waals surface area contributed by atoms with E-state index in [9.17, 15) is 19.2 Å². The number of rotatable bonds is 13. The van der Waals surface area contributed by atoms with Crippen molar-refractivity contribution in [2.45, 2.75) is 30.9 Å². The van der Waals surface area contributed by atoms with Crippen LogP contribution in [0.3, 0.4) is 0 Å². The van der Waals surface area contributed by atoms with Crippen LogP contribution in [0, 0.1) is 13.8 Å². The van der Waals surface area contributed by atoms with Gasteiger partial charge in [0.1, 0.15) is 21.5 Å². The third-order valence-corrected chi connectivity index (χ3v) is 10.6. The zero-order valence-electron chi connectivity index (χ0n) is 30.5. The van der Waals surface area contributed by atoms with Crippen molar-refractivity contribution in [3.05, 3.63) is 178 Å². The fraction of sp³-hybridized carbons (Fsp3) is 0.111. The van der Waals surface area contributed by atoms with Gasteiger partial charge in [-0.15, -0.1) is 23.1 Å². The lowest BCUT2D eigenvalue weighted by atomic mass is 10.0. The molecular weight excluding hydrogens is 727 g/mol. The summed E-state index contributed by atoms with van der Waals surface area (Å²) in [7, 11) is 0. The number of amides is 3. The smallest absolute Gasteiger partial charge is 0.341 e. The Hall–Kier alpha value is -6.23. The van der Waals surface area contributed by atoms with E-state index < -0.39 is 23.0 Å². The van der Waals surface area contributed by atoms with Crippen molar-refractivity contribution in [1.82, 2.24) is 5.32 Å². The molecule has 0 radical (unpaired) electrons. The number of benzene rings is 5. The summed E-state index contributed by atoms with van der Waals surface area (Å²) in [5.74, 6) is -1.78. The fourth-order valence-corrected chi connectivity index (χ4v) is 7.77. The summed E-state index contributed by atoms with van der Waals surface area (Å²) in [5, 5.41) is 10.3. The Morgan fingerprint density at radius 3 is 2.18 bits per heavy atom. The number of thioether (sulfide) groups is 1. The molecule has 8 nitrogen and oxygen atoms in total. The first kappa shape index (κ1) is 38.5. The molecule has 1 unspecified atom stereocenters. The maximum Gasteiger partial charge on any atom is 0.341 e. The van der Waals surface area contributed by atoms with E-state index in [4.69, 9.17) is 4.74 Å². The van der Waals surface area contributed by atoms with Gasteiger partial charge in [0, 0.05) is 27.1 Å². The van der Waals surface area contributed by atoms with Crippen LogP contribution in [0.15, 0.2) is 149 Å². The molecule has 10 heteroatoms. The molecule has 5 aromatic carbocycles. The first-order valence-electron chi connectivity index (χ1n) is 17.6. The van der Waals surface area contributed by atoms with Crippen LogP contribution in [-0.2, 0) is 14.3 Å². The largest absolute Gasteiger partial charge is 0.462 e. The van der Waals surface area contributed by atoms with Gasteiger partial charge >= 0.3 is 5.97 Å². The van der Waals surface area contributed by atoms with E-state index in [0.717, 1.165) is 27.8 Å². The second-order valence-corrected chi connectivity index (χ2v) is 14.7. The topological polar surface area (TPSA) is 114 Å². The minimum absolute atomic E-state index is 0.0670. The Bertz CT molecular complexity index is 2340. The highest BCUT2D eigenvalue weighted by Gasteiger charge is 2.28. The Kier molecular flexibility index (Phi) is 12.7. The first-order chi connectivity index (χ1) is 26.7. The summed E-state index contributed by atoms with van der Waals surface area (Å²) in [6, 6.07) is 40.6. The van der Waals surface area contributed by atoms with Crippen LogP contribution >= 0.6 is 23.1 Å². The van der Waals surface area contributed by atoms with Crippen molar-refractivity contribution < 1.29 is 23.9 Å². The number of aryl methyl sites for hydroxylation is 2. The zero-order chi connectivity index (χ0) is 38.7. The van der Waals surface area contributed by atoms with Gasteiger partial charge in [0.15, 0.2) is 0 Å². The SMILES string of the molecule is CCOC(=O)c1c(-c2ccc(C)cc2)csc1NC(=O)C(Sc1cccc(NC(=O)/C(=C\c2cccc(C)c2)NC(=O)c2ccccc2)c1)c1ccccc1. The van der Waals surface area contributed by atoms with Crippen LogP contribution in [0.4, 0.5) is 10.7 Å². The van der Waals surface area contributed by atoms with E-state index in [-0.39, 0.29) is 18.2 Å². The molecule has 1 aromatic heterocycles. The second-order valence-electron chi connectivity index (χ2n) is 12.6. The molecule has 0 aliphatic heterocycles. The zero-order valence-corrected chi connectivity index (χ0v) is 32.1. The van der Waals surface area contributed by atoms with Gasteiger partial charge < -0.3 is 20.7 Å². The Balaban J connectivity index is 1.26. The Morgan fingerprint density at radius 1 is 0.764 bits per heavy atom. The third kappa shape index (κ3) is 10.1. The number of carbonyl (C=O) groups excluding carboxylic acids is 4. The summed E-state index contributed by atoms with van der Waals surface area (Å²) in [6.07, 6.45) is 1.64. The molecule has 6 aromatic rings. The number of hydrogen-bond donors (Lipinski definition) is 3. The Labute approximate surface area is 328 Å². The van der Waals surface area contributed by atoms with E-state index in [1.807, 2.05) is 110 Å². The number of carbonyl (C=O) groups is 4. The van der Waals surface area contributed by atoms with Gasteiger partial charge in [0.2, 0.25) is 5.91 Å². The molecule has 0 bridgehead atoms. The molecule has 0 saturated carbocycles. The number of nitrogens with one attached hydrogen (secondary N) is 3. The van der Waals surface area contributed by atoms with E-state index in [1.54, 1.807) is 55.5 Å². The lowest BCUT2D eigenvalue weighted by Gasteiger charge is -2.18. The van der Waals surface area contributed by atoms with Crippen molar-refractivity contribution in [2.75, 3.05) is 17.2 Å². The molecule has 1 heterocycles. The number of hydrogen-bond acceptors (Lipinski definition) is 7. The van der Waals surface area contributed by atoms with Gasteiger partial charge in [-0.2, -0.15) is 0 Å². The van der Waals surface area contributed by atoms with E-state index in [2.05, 4.69) is 16.0 Å². The monoisotopic (exact) mass is 765 g/mol. The molecule has 3 N–H and O–H groups in total. The van der Waals surface area contributed by atoms with Crippen molar-refractivity contribution in [2.24, 2.45) is 0 Å². The molecule has 0 aliphatic rings. The molecule has 0 fully saturated rings. The van der Waals surface area contributed by atoms with E-state index in [1.165, 1.54) is 23.1 Å². The van der Waals surface area contributed by atoms with Gasteiger partial charge in [-0.25, -0.2) is 4.79 Å². The predicted octanol–water partition coefficient (Wildman–Crippen LogP) is 10.1. The van der Waals surface area contributed by atoms with Crippen molar-refractivity contribution in [3.63, 3.8) is 0 Å². The summed E-state index contributed by atoms with van der Waals surface area (Å²) >= 11 is 2.57. The maximum atomic E-state index is 14.2. The summed E-state index contributed by atoms with van der Waals surface area (Å²) < 4.78 is 5.43. The van der Waals surface area contributed by atoms with Crippen LogP contribution in [0.25, 0.3) is 17.2 Å². The first-order valence-corrected chi connectivity index (χ1v) is 19.4. The average Bonchev–Trinajstić information content (AvgIpc) is 3.61. The van der Waals surface area contributed by atoms with Crippen LogP contribution in [-0.4, -0.2) is 30.3 Å². The fourth-order valence-electron chi connectivity index (χ4n) is 5.73. The molecule has 55 heavy (non-hydrogen) atoms. The lowest BCUT2D eigenvalue weighted by molar-refractivity contribution is -0.116. The molecule has 6 rings (SSSR count). The van der Waals surface area contributed by atoms with Crippen molar-refractivity contribution >= 4 is 63.6 Å². The average molecular weight is 766 g/mol. The summed E-state index contributed by atoms with van der Waals surface area (Å²) in [5.41, 5.74) is 6.38. The van der Waals surface area contributed by atoms with Crippen molar-refractivity contribution in [3.8, 4) is 11.1 Å². The minimum atomic E-state index is -0.728. The molecule has 3 amide bonds. The molecule has 0 spiro atoms. The summed E-state index contributed by atoms with van der Waals surface area (Å²) in [4.78, 5) is 55.1. The lowest BCUT2D eigenvalue weighted by Crippen LogP contribution is -2.30. The summed E-state index contributed by atoms with van der Waals surface area (Å²) in [6.45, 7) is 5.88. The highest BCUT2D eigenvalue weighted by molar-refractivity contribution is 8.00. The van der Waals surface area contributed by atoms with Crippen LogP contribution < -0.4 is 16.0 Å². The van der Waals surface area contributed by atoms with Gasteiger partial charge in [-0.05, 0) is 73.9 Å². The molecular formula is C45H39N3O5S2. The highest BCUT2D eigenvalue weighted by atomic mass is 32.2. The van der Waals surface area contributed by atoms with Crippen molar-refractivity contribution in [1.29, 1.82) is 0 Å². The molecule has 0 saturated heterocycles. The van der Waals surface area contributed by atoms with Gasteiger partial charge in [0.05, 0.1) is 6.61 Å². The van der Waals surface area contributed by atoms with Gasteiger partial charge in [-0.3, -0.25) is 14.4 Å². The second kappa shape index (κ2) is 18.2. The number of anilines is 2. The number of ether oxygens (including phenoxy) is 1. The quantitative estimate of drug-likeness (QED) is 0.0613. The molecule has 1 atom stereocenters. The van der Waals surface area contributed by atoms with Crippen LogP contribution in [0.2, 0.25) is 0 Å².